The van der Waals surface area contributed by atoms with Crippen molar-refractivity contribution in [3.63, 3.8) is 0 Å². The summed E-state index contributed by atoms with van der Waals surface area (Å²) in [7, 11) is 3.45. The lowest BCUT2D eigenvalue weighted by Gasteiger charge is -2.22. The molecule has 2 aromatic rings. The number of carbonyl (C=O) groups is 1. The maximum atomic E-state index is 12.9. The first-order valence-corrected chi connectivity index (χ1v) is 9.97. The molecule has 2 N–H and O–H groups in total. The van der Waals surface area contributed by atoms with Crippen molar-refractivity contribution in [1.29, 1.82) is 0 Å². The maximum absolute atomic E-state index is 12.9. The molecule has 9 heteroatoms. The van der Waals surface area contributed by atoms with Crippen LogP contribution in [0.2, 0.25) is 0 Å². The van der Waals surface area contributed by atoms with Crippen LogP contribution in [0.4, 0.5) is 0 Å². The number of nitrogens with zero attached hydrogens (tertiary/aromatic N) is 4. The van der Waals surface area contributed by atoms with E-state index in [1.807, 2.05) is 11.6 Å². The SMILES string of the molecule is Cn1c(CCC2CCNCC2)nc2c1c(=O)n(CCCCC(=O)O)c(=O)n2C. The number of piperidine rings is 1. The normalized spacial score (nSPS) is 15.4. The van der Waals surface area contributed by atoms with Gasteiger partial charge in [-0.3, -0.25) is 18.7 Å². The van der Waals surface area contributed by atoms with Gasteiger partial charge < -0.3 is 15.0 Å². The Bertz CT molecular complexity index is 965. The Morgan fingerprint density at radius 2 is 1.89 bits per heavy atom. The predicted octanol–water partition coefficient (Wildman–Crippen LogP) is 0.621. The summed E-state index contributed by atoms with van der Waals surface area (Å²) in [5, 5.41) is 12.1. The second kappa shape index (κ2) is 8.72. The molecular formula is C19H29N5O4. The third kappa shape index (κ3) is 4.19. The number of aliphatic carboxylic acids is 1. The first-order valence-electron chi connectivity index (χ1n) is 9.97. The molecule has 0 radical (unpaired) electrons. The molecule has 0 amide bonds. The highest BCUT2D eigenvalue weighted by Crippen LogP contribution is 2.19. The summed E-state index contributed by atoms with van der Waals surface area (Å²) in [6, 6.07) is 0. The van der Waals surface area contributed by atoms with Crippen LogP contribution >= 0.6 is 0 Å². The zero-order valence-corrected chi connectivity index (χ0v) is 16.6. The highest BCUT2D eigenvalue weighted by atomic mass is 16.4. The topological polar surface area (TPSA) is 111 Å². The lowest BCUT2D eigenvalue weighted by Crippen LogP contribution is -2.39. The Balaban J connectivity index is 1.85. The molecule has 154 valence electrons. The van der Waals surface area contributed by atoms with Crippen LogP contribution in [0.1, 0.15) is 44.3 Å². The summed E-state index contributed by atoms with van der Waals surface area (Å²) in [5.74, 6) is 0.612. The van der Waals surface area contributed by atoms with Crippen molar-refractivity contribution in [2.24, 2.45) is 20.0 Å². The van der Waals surface area contributed by atoms with Gasteiger partial charge in [0, 0.05) is 33.5 Å². The molecule has 1 aliphatic heterocycles. The smallest absolute Gasteiger partial charge is 0.332 e. The van der Waals surface area contributed by atoms with E-state index >= 15 is 0 Å². The van der Waals surface area contributed by atoms with Gasteiger partial charge in [-0.1, -0.05) is 0 Å². The fourth-order valence-corrected chi connectivity index (χ4v) is 3.96. The maximum Gasteiger partial charge on any atom is 0.332 e. The Morgan fingerprint density at radius 3 is 2.57 bits per heavy atom. The minimum Gasteiger partial charge on any atom is -0.481 e. The number of imidazole rings is 1. The number of carboxylic acid groups (broad SMARTS) is 1. The van der Waals surface area contributed by atoms with Gasteiger partial charge in [0.2, 0.25) is 0 Å². The lowest BCUT2D eigenvalue weighted by atomic mass is 9.93. The summed E-state index contributed by atoms with van der Waals surface area (Å²) in [5.41, 5.74) is 0.0904. The van der Waals surface area contributed by atoms with Crippen LogP contribution in [0.3, 0.4) is 0 Å². The number of fused-ring (bicyclic) bond motifs is 1. The number of carboxylic acids is 1. The molecule has 9 nitrogen and oxygen atoms in total. The zero-order chi connectivity index (χ0) is 20.3. The van der Waals surface area contributed by atoms with Gasteiger partial charge in [0.05, 0.1) is 0 Å². The van der Waals surface area contributed by atoms with Gasteiger partial charge in [-0.15, -0.1) is 0 Å². The molecule has 1 saturated heterocycles. The molecule has 0 bridgehead atoms. The van der Waals surface area contributed by atoms with Gasteiger partial charge in [-0.05, 0) is 51.1 Å². The van der Waals surface area contributed by atoms with Crippen molar-refractivity contribution >= 4 is 17.1 Å². The molecule has 0 atom stereocenters. The molecule has 1 aliphatic rings. The Morgan fingerprint density at radius 1 is 1.18 bits per heavy atom. The lowest BCUT2D eigenvalue weighted by molar-refractivity contribution is -0.137. The number of hydrogen-bond acceptors (Lipinski definition) is 5. The van der Waals surface area contributed by atoms with Crippen LogP contribution in [-0.2, 0) is 31.9 Å². The molecule has 2 aromatic heterocycles. The van der Waals surface area contributed by atoms with E-state index in [1.54, 1.807) is 7.05 Å². The van der Waals surface area contributed by atoms with E-state index in [2.05, 4.69) is 10.3 Å². The predicted molar refractivity (Wildman–Crippen MR) is 106 cm³/mol. The minimum atomic E-state index is -0.874. The van der Waals surface area contributed by atoms with Crippen LogP contribution in [0.25, 0.3) is 11.2 Å². The molecule has 0 aliphatic carbocycles. The fraction of sp³-hybridized carbons (Fsp3) is 0.684. The van der Waals surface area contributed by atoms with E-state index in [-0.39, 0.29) is 18.5 Å². The Hall–Kier alpha value is -2.42. The molecular weight excluding hydrogens is 362 g/mol. The summed E-state index contributed by atoms with van der Waals surface area (Å²) in [6.07, 6.45) is 5.04. The number of rotatable bonds is 8. The number of aromatic nitrogens is 4. The molecule has 1 fully saturated rings. The molecule has 28 heavy (non-hydrogen) atoms. The van der Waals surface area contributed by atoms with E-state index in [9.17, 15) is 14.4 Å². The van der Waals surface area contributed by atoms with Crippen LogP contribution in [-0.4, -0.2) is 42.9 Å². The van der Waals surface area contributed by atoms with E-state index in [4.69, 9.17) is 5.11 Å². The highest BCUT2D eigenvalue weighted by Gasteiger charge is 2.20. The molecule has 3 heterocycles. The van der Waals surface area contributed by atoms with Gasteiger partial charge in [0.1, 0.15) is 5.82 Å². The van der Waals surface area contributed by atoms with Crippen molar-refractivity contribution < 1.29 is 9.90 Å². The van der Waals surface area contributed by atoms with Crippen LogP contribution in [0.5, 0.6) is 0 Å². The zero-order valence-electron chi connectivity index (χ0n) is 16.6. The third-order valence-electron chi connectivity index (χ3n) is 5.71. The number of hydrogen-bond donors (Lipinski definition) is 2. The van der Waals surface area contributed by atoms with E-state index < -0.39 is 11.7 Å². The van der Waals surface area contributed by atoms with Gasteiger partial charge in [-0.2, -0.15) is 0 Å². The molecule has 0 aromatic carbocycles. The first kappa shape index (κ1) is 20.3. The summed E-state index contributed by atoms with van der Waals surface area (Å²) < 4.78 is 4.43. The van der Waals surface area contributed by atoms with Crippen molar-refractivity contribution in [2.75, 3.05) is 13.1 Å². The standard InChI is InChI=1S/C19H29N5O4/c1-22-14(7-6-13-8-10-20-11-9-13)21-17-16(22)18(27)24(19(28)23(17)2)12-4-3-5-15(25)26/h13,20H,3-12H2,1-2H3,(H,25,26). The minimum absolute atomic E-state index is 0.0316. The van der Waals surface area contributed by atoms with Crippen LogP contribution in [0.15, 0.2) is 9.59 Å². The average Bonchev–Trinajstić information content (AvgIpc) is 3.01. The van der Waals surface area contributed by atoms with Crippen LogP contribution in [0, 0.1) is 5.92 Å². The number of nitrogens with one attached hydrogen (secondary N) is 1. The first-order chi connectivity index (χ1) is 13.4. The van der Waals surface area contributed by atoms with Crippen LogP contribution < -0.4 is 16.6 Å². The highest BCUT2D eigenvalue weighted by molar-refractivity contribution is 5.70. The van der Waals surface area contributed by atoms with Crippen molar-refractivity contribution in [1.82, 2.24) is 24.0 Å². The van der Waals surface area contributed by atoms with Gasteiger partial charge in [0.15, 0.2) is 11.2 Å². The fourth-order valence-electron chi connectivity index (χ4n) is 3.96. The van der Waals surface area contributed by atoms with E-state index in [1.165, 1.54) is 9.13 Å². The summed E-state index contributed by atoms with van der Waals surface area (Å²) in [4.78, 5) is 40.8. The Labute approximate surface area is 163 Å². The summed E-state index contributed by atoms with van der Waals surface area (Å²) in [6.45, 7) is 2.31. The van der Waals surface area contributed by atoms with E-state index in [0.29, 0.717) is 29.9 Å². The molecule has 0 spiro atoms. The summed E-state index contributed by atoms with van der Waals surface area (Å²) >= 11 is 0. The largest absolute Gasteiger partial charge is 0.481 e. The van der Waals surface area contributed by atoms with Crippen molar-refractivity contribution in [3.8, 4) is 0 Å². The third-order valence-corrected chi connectivity index (χ3v) is 5.71. The molecule has 0 unspecified atom stereocenters. The monoisotopic (exact) mass is 391 g/mol. The number of aryl methyl sites for hydroxylation is 3. The van der Waals surface area contributed by atoms with E-state index in [0.717, 1.165) is 44.6 Å². The second-order valence-corrected chi connectivity index (χ2v) is 7.64. The average molecular weight is 391 g/mol. The van der Waals surface area contributed by atoms with Gasteiger partial charge >= 0.3 is 11.7 Å². The van der Waals surface area contributed by atoms with Crippen molar-refractivity contribution in [3.05, 3.63) is 26.7 Å². The molecule has 3 rings (SSSR count). The Kier molecular flexibility index (Phi) is 6.33. The quantitative estimate of drug-likeness (QED) is 0.638. The van der Waals surface area contributed by atoms with Crippen molar-refractivity contribution in [2.45, 2.75) is 51.5 Å². The van der Waals surface area contributed by atoms with Gasteiger partial charge in [-0.25, -0.2) is 9.78 Å². The second-order valence-electron chi connectivity index (χ2n) is 7.64. The molecule has 0 saturated carbocycles. The van der Waals surface area contributed by atoms with Gasteiger partial charge in [0.25, 0.3) is 5.56 Å². The number of unbranched alkanes of at least 4 members (excludes halogenated alkanes) is 1.